The number of rotatable bonds is 6. The lowest BCUT2D eigenvalue weighted by atomic mass is 9.99. The highest BCUT2D eigenvalue weighted by atomic mass is 16.4. The van der Waals surface area contributed by atoms with E-state index in [1.54, 1.807) is 0 Å². The molecule has 65 valence electrons. The molecule has 0 bridgehead atoms. The van der Waals surface area contributed by atoms with Gasteiger partial charge in [-0.2, -0.15) is 0 Å². The van der Waals surface area contributed by atoms with Gasteiger partial charge < -0.3 is 5.11 Å². The molecule has 2 nitrogen and oxygen atoms in total. The van der Waals surface area contributed by atoms with Crippen molar-refractivity contribution in [2.24, 2.45) is 0 Å². The van der Waals surface area contributed by atoms with Crippen LogP contribution in [-0.2, 0) is 4.79 Å². The van der Waals surface area contributed by atoms with Crippen molar-refractivity contribution in [1.82, 2.24) is 0 Å². The molecule has 0 saturated heterocycles. The van der Waals surface area contributed by atoms with Crippen LogP contribution < -0.4 is 0 Å². The second-order valence-electron chi connectivity index (χ2n) is 2.72. The first-order valence-electron chi connectivity index (χ1n) is 4.30. The molecule has 0 atom stereocenters. The average molecular weight is 157 g/mol. The number of aliphatic carboxylic acids is 1. The molecule has 0 spiro atoms. The lowest BCUT2D eigenvalue weighted by Gasteiger charge is -2.06. The van der Waals surface area contributed by atoms with Crippen LogP contribution in [0.4, 0.5) is 0 Å². The predicted octanol–water partition coefficient (Wildman–Crippen LogP) is 2.64. The zero-order valence-corrected chi connectivity index (χ0v) is 7.39. The third-order valence-corrected chi connectivity index (χ3v) is 1.81. The molecule has 1 N–H and O–H groups in total. The van der Waals surface area contributed by atoms with Gasteiger partial charge in [0.05, 0.1) is 5.92 Å². The minimum Gasteiger partial charge on any atom is -0.481 e. The summed E-state index contributed by atoms with van der Waals surface area (Å²) in [6, 6.07) is 0. The molecule has 0 amide bonds. The van der Waals surface area contributed by atoms with Crippen molar-refractivity contribution in [3.63, 3.8) is 0 Å². The van der Waals surface area contributed by atoms with Gasteiger partial charge >= 0.3 is 5.97 Å². The maximum absolute atomic E-state index is 10.5. The highest BCUT2D eigenvalue weighted by Crippen LogP contribution is 2.15. The molecule has 0 aromatic carbocycles. The van der Waals surface area contributed by atoms with E-state index in [1.807, 2.05) is 6.92 Å². The van der Waals surface area contributed by atoms with E-state index in [0.717, 1.165) is 25.7 Å². The summed E-state index contributed by atoms with van der Waals surface area (Å²) in [7, 11) is 0. The molecule has 0 fully saturated rings. The lowest BCUT2D eigenvalue weighted by Crippen LogP contribution is -2.09. The molecule has 0 aliphatic rings. The Morgan fingerprint density at radius 3 is 2.27 bits per heavy atom. The summed E-state index contributed by atoms with van der Waals surface area (Å²) in [5.41, 5.74) is 0. The number of unbranched alkanes of at least 4 members (excludes halogenated alkanes) is 2. The number of carboxylic acid groups (broad SMARTS) is 1. The predicted molar refractivity (Wildman–Crippen MR) is 45.3 cm³/mol. The molecule has 11 heavy (non-hydrogen) atoms. The van der Waals surface area contributed by atoms with Gasteiger partial charge in [-0.1, -0.05) is 33.1 Å². The van der Waals surface area contributed by atoms with Gasteiger partial charge in [0, 0.05) is 0 Å². The van der Waals surface area contributed by atoms with E-state index in [9.17, 15) is 4.79 Å². The van der Waals surface area contributed by atoms with E-state index in [-0.39, 0.29) is 0 Å². The van der Waals surface area contributed by atoms with Crippen molar-refractivity contribution in [1.29, 1.82) is 0 Å². The summed E-state index contributed by atoms with van der Waals surface area (Å²) in [5, 5.41) is 8.64. The van der Waals surface area contributed by atoms with E-state index in [1.165, 1.54) is 0 Å². The molecule has 0 unspecified atom stereocenters. The van der Waals surface area contributed by atoms with Crippen molar-refractivity contribution in [3.05, 3.63) is 5.92 Å². The Balaban J connectivity index is 3.44. The number of hydrogen-bond acceptors (Lipinski definition) is 1. The Morgan fingerprint density at radius 2 is 1.91 bits per heavy atom. The van der Waals surface area contributed by atoms with Crippen LogP contribution in [0, 0.1) is 5.92 Å². The van der Waals surface area contributed by atoms with E-state index in [4.69, 9.17) is 5.11 Å². The minimum absolute atomic E-state index is 0.665. The molecule has 0 saturated carbocycles. The van der Waals surface area contributed by atoms with Crippen molar-refractivity contribution < 1.29 is 9.90 Å². The standard InChI is InChI=1S/C9H17O2/c1-3-5-6-7-8(4-2)9(10)11/h3-7H2,1-2H3,(H,10,11). The summed E-state index contributed by atoms with van der Waals surface area (Å²) < 4.78 is 0. The third kappa shape index (κ3) is 4.82. The van der Waals surface area contributed by atoms with Crippen LogP contribution in [0.5, 0.6) is 0 Å². The van der Waals surface area contributed by atoms with E-state index in [0.29, 0.717) is 12.3 Å². The molecule has 0 rings (SSSR count). The van der Waals surface area contributed by atoms with Crippen LogP contribution >= 0.6 is 0 Å². The van der Waals surface area contributed by atoms with Crippen LogP contribution in [0.25, 0.3) is 0 Å². The zero-order valence-electron chi connectivity index (χ0n) is 7.39. The van der Waals surface area contributed by atoms with Crippen LogP contribution in [0.2, 0.25) is 0 Å². The fourth-order valence-electron chi connectivity index (χ4n) is 1.02. The van der Waals surface area contributed by atoms with Gasteiger partial charge in [-0.05, 0) is 12.8 Å². The largest absolute Gasteiger partial charge is 0.481 e. The maximum Gasteiger partial charge on any atom is 0.310 e. The molecular formula is C9H17O2. The van der Waals surface area contributed by atoms with Gasteiger partial charge in [0.2, 0.25) is 0 Å². The van der Waals surface area contributed by atoms with Crippen LogP contribution in [-0.4, -0.2) is 11.1 Å². The summed E-state index contributed by atoms with van der Waals surface area (Å²) in [6.07, 6.45) is 4.75. The molecule has 0 aromatic heterocycles. The first-order valence-corrected chi connectivity index (χ1v) is 4.30. The monoisotopic (exact) mass is 157 g/mol. The van der Waals surface area contributed by atoms with Crippen molar-refractivity contribution in [2.75, 3.05) is 0 Å². The summed E-state index contributed by atoms with van der Waals surface area (Å²) in [6.45, 7) is 4.02. The molecule has 0 heterocycles. The quantitative estimate of drug-likeness (QED) is 0.602. The minimum atomic E-state index is -0.719. The highest BCUT2D eigenvalue weighted by molar-refractivity contribution is 5.82. The van der Waals surface area contributed by atoms with Crippen LogP contribution in [0.15, 0.2) is 0 Å². The Bertz CT molecular complexity index is 110. The Morgan fingerprint density at radius 1 is 1.27 bits per heavy atom. The first-order chi connectivity index (χ1) is 5.22. The van der Waals surface area contributed by atoms with Crippen LogP contribution in [0.1, 0.15) is 46.0 Å². The smallest absolute Gasteiger partial charge is 0.310 e. The van der Waals surface area contributed by atoms with Gasteiger partial charge in [-0.15, -0.1) is 0 Å². The fraction of sp³-hybridized carbons (Fsp3) is 0.778. The molecule has 1 radical (unpaired) electrons. The van der Waals surface area contributed by atoms with Crippen molar-refractivity contribution in [2.45, 2.75) is 46.0 Å². The molecule has 0 aliphatic carbocycles. The van der Waals surface area contributed by atoms with Gasteiger partial charge in [-0.25, -0.2) is 0 Å². The van der Waals surface area contributed by atoms with E-state index in [2.05, 4.69) is 6.92 Å². The second-order valence-corrected chi connectivity index (χ2v) is 2.72. The highest BCUT2D eigenvalue weighted by Gasteiger charge is 2.14. The first kappa shape index (κ1) is 10.5. The maximum atomic E-state index is 10.5. The number of carbonyl (C=O) groups is 1. The van der Waals surface area contributed by atoms with E-state index < -0.39 is 5.97 Å². The van der Waals surface area contributed by atoms with Crippen molar-refractivity contribution in [3.8, 4) is 0 Å². The number of hydrogen-bond donors (Lipinski definition) is 1. The summed E-state index contributed by atoms with van der Waals surface area (Å²) >= 11 is 0. The van der Waals surface area contributed by atoms with E-state index >= 15 is 0 Å². The van der Waals surface area contributed by atoms with Gasteiger partial charge in [0.25, 0.3) is 0 Å². The van der Waals surface area contributed by atoms with Crippen molar-refractivity contribution >= 4 is 5.97 Å². The Kier molecular flexibility index (Phi) is 5.90. The normalized spacial score (nSPS) is 10.5. The fourth-order valence-corrected chi connectivity index (χ4v) is 1.02. The van der Waals surface area contributed by atoms with Gasteiger partial charge in [-0.3, -0.25) is 4.79 Å². The number of carboxylic acids is 1. The molecule has 0 aromatic rings. The summed E-state index contributed by atoms with van der Waals surface area (Å²) in [4.78, 5) is 10.5. The lowest BCUT2D eigenvalue weighted by molar-refractivity contribution is -0.135. The molecule has 0 aliphatic heterocycles. The van der Waals surface area contributed by atoms with Gasteiger partial charge in [0.1, 0.15) is 0 Å². The molecule has 2 heteroatoms. The topological polar surface area (TPSA) is 37.3 Å². The third-order valence-electron chi connectivity index (χ3n) is 1.81. The average Bonchev–Trinajstić information content (AvgIpc) is 1.97. The Hall–Kier alpha value is -0.530. The summed E-state index contributed by atoms with van der Waals surface area (Å²) in [5.74, 6) is -0.0537. The van der Waals surface area contributed by atoms with Gasteiger partial charge in [0.15, 0.2) is 0 Å². The second kappa shape index (κ2) is 6.20. The SMILES string of the molecule is CCCCC[C](CC)C(=O)O. The molecular weight excluding hydrogens is 140 g/mol. The zero-order chi connectivity index (χ0) is 8.69. The Labute approximate surface area is 68.6 Å². The van der Waals surface area contributed by atoms with Crippen LogP contribution in [0.3, 0.4) is 0 Å².